The molecule has 108 valence electrons. The van der Waals surface area contributed by atoms with Crippen LogP contribution in [0.1, 0.15) is 5.56 Å². The van der Waals surface area contributed by atoms with Crippen LogP contribution in [0.2, 0.25) is 0 Å². The standard InChI is InChI=1S/C14H9F3N2O2/c1-20-11-5-10(7-19-8-11)12-3-2-9(6-18)4-13(12)21-14(15,16)17/h2-5,7-8H,1H3. The molecule has 0 aliphatic carbocycles. The largest absolute Gasteiger partial charge is 0.573 e. The third-order valence-electron chi connectivity index (χ3n) is 2.60. The van der Waals surface area contributed by atoms with E-state index in [9.17, 15) is 13.2 Å². The van der Waals surface area contributed by atoms with Gasteiger partial charge in [-0.2, -0.15) is 5.26 Å². The average Bonchev–Trinajstić information content (AvgIpc) is 2.45. The highest BCUT2D eigenvalue weighted by Crippen LogP contribution is 2.35. The molecular weight excluding hydrogens is 285 g/mol. The molecule has 0 saturated carbocycles. The molecule has 0 unspecified atom stereocenters. The third-order valence-corrected chi connectivity index (χ3v) is 2.60. The molecule has 1 heterocycles. The average molecular weight is 294 g/mol. The monoisotopic (exact) mass is 294 g/mol. The van der Waals surface area contributed by atoms with Gasteiger partial charge in [0.25, 0.3) is 0 Å². The highest BCUT2D eigenvalue weighted by Gasteiger charge is 2.32. The fourth-order valence-electron chi connectivity index (χ4n) is 1.72. The number of nitrogens with zero attached hydrogens (tertiary/aromatic N) is 2. The van der Waals surface area contributed by atoms with Gasteiger partial charge in [0.15, 0.2) is 0 Å². The fourth-order valence-corrected chi connectivity index (χ4v) is 1.72. The topological polar surface area (TPSA) is 55.1 Å². The van der Waals surface area contributed by atoms with Gasteiger partial charge < -0.3 is 9.47 Å². The second-order valence-corrected chi connectivity index (χ2v) is 3.98. The summed E-state index contributed by atoms with van der Waals surface area (Å²) in [5.74, 6) is -0.0635. The van der Waals surface area contributed by atoms with Gasteiger partial charge in [-0.3, -0.25) is 4.98 Å². The van der Waals surface area contributed by atoms with Crippen molar-refractivity contribution in [2.45, 2.75) is 6.36 Å². The van der Waals surface area contributed by atoms with Crippen molar-refractivity contribution in [3.63, 3.8) is 0 Å². The number of alkyl halides is 3. The van der Waals surface area contributed by atoms with Crippen LogP contribution in [0.4, 0.5) is 13.2 Å². The Bertz CT molecular complexity index is 693. The maximum atomic E-state index is 12.5. The van der Waals surface area contributed by atoms with E-state index in [4.69, 9.17) is 10.00 Å². The zero-order valence-corrected chi connectivity index (χ0v) is 10.8. The van der Waals surface area contributed by atoms with Crippen LogP contribution < -0.4 is 9.47 Å². The van der Waals surface area contributed by atoms with Crippen LogP contribution in [0.25, 0.3) is 11.1 Å². The molecule has 0 spiro atoms. The third kappa shape index (κ3) is 3.63. The van der Waals surface area contributed by atoms with Gasteiger partial charge >= 0.3 is 6.36 Å². The lowest BCUT2D eigenvalue weighted by Gasteiger charge is -2.14. The number of rotatable bonds is 3. The molecule has 0 aliphatic heterocycles. The van der Waals surface area contributed by atoms with Gasteiger partial charge in [-0.25, -0.2) is 0 Å². The van der Waals surface area contributed by atoms with Crippen LogP contribution in [0, 0.1) is 11.3 Å². The molecule has 0 bridgehead atoms. The number of nitriles is 1. The molecule has 21 heavy (non-hydrogen) atoms. The lowest BCUT2D eigenvalue weighted by Crippen LogP contribution is -2.17. The van der Waals surface area contributed by atoms with Crippen LogP contribution in [-0.2, 0) is 0 Å². The summed E-state index contributed by atoms with van der Waals surface area (Å²) in [6.45, 7) is 0. The molecule has 7 heteroatoms. The van der Waals surface area contributed by atoms with Crippen LogP contribution in [0.15, 0.2) is 36.7 Å². The molecule has 2 aromatic rings. The van der Waals surface area contributed by atoms with Gasteiger partial charge in [-0.05, 0) is 24.3 Å². The molecule has 0 N–H and O–H groups in total. The van der Waals surface area contributed by atoms with Gasteiger partial charge in [0.1, 0.15) is 11.5 Å². The minimum atomic E-state index is -4.85. The summed E-state index contributed by atoms with van der Waals surface area (Å²) in [5, 5.41) is 8.78. The van der Waals surface area contributed by atoms with Gasteiger partial charge in [-0.15, -0.1) is 13.2 Å². The van der Waals surface area contributed by atoms with Gasteiger partial charge in [-0.1, -0.05) is 0 Å². The number of methoxy groups -OCH3 is 1. The Morgan fingerprint density at radius 2 is 1.95 bits per heavy atom. The van der Waals surface area contributed by atoms with Crippen molar-refractivity contribution < 1.29 is 22.6 Å². The second-order valence-electron chi connectivity index (χ2n) is 3.98. The Labute approximate surface area is 118 Å². The van der Waals surface area contributed by atoms with Gasteiger partial charge in [0.05, 0.1) is 24.9 Å². The summed E-state index contributed by atoms with van der Waals surface area (Å²) >= 11 is 0. The van der Waals surface area contributed by atoms with Gasteiger partial charge in [0.2, 0.25) is 0 Å². The lowest BCUT2D eigenvalue weighted by molar-refractivity contribution is -0.274. The van der Waals surface area contributed by atoms with Crippen molar-refractivity contribution in [2.75, 3.05) is 7.11 Å². The van der Waals surface area contributed by atoms with E-state index >= 15 is 0 Å². The number of ether oxygens (including phenoxy) is 2. The molecule has 0 fully saturated rings. The van der Waals surface area contributed by atoms with E-state index in [0.717, 1.165) is 6.07 Å². The Balaban J connectivity index is 2.54. The summed E-state index contributed by atoms with van der Waals surface area (Å²) in [5.41, 5.74) is 0.615. The Kier molecular flexibility index (Phi) is 3.98. The Morgan fingerprint density at radius 1 is 1.19 bits per heavy atom. The van der Waals surface area contributed by atoms with E-state index in [1.807, 2.05) is 0 Å². The minimum absolute atomic E-state index is 0.0638. The fraction of sp³-hybridized carbons (Fsp3) is 0.143. The summed E-state index contributed by atoms with van der Waals surface area (Å²) in [6, 6.07) is 7.09. The molecular formula is C14H9F3N2O2. The highest BCUT2D eigenvalue weighted by atomic mass is 19.4. The zero-order chi connectivity index (χ0) is 15.5. The quantitative estimate of drug-likeness (QED) is 0.869. The van der Waals surface area contributed by atoms with Gasteiger partial charge in [0, 0.05) is 17.3 Å². The molecule has 0 radical (unpaired) electrons. The predicted octanol–water partition coefficient (Wildman–Crippen LogP) is 3.53. The highest BCUT2D eigenvalue weighted by molar-refractivity contribution is 5.71. The molecule has 1 aromatic heterocycles. The lowest BCUT2D eigenvalue weighted by atomic mass is 10.0. The van der Waals surface area contributed by atoms with Crippen molar-refractivity contribution in [2.24, 2.45) is 0 Å². The maximum Gasteiger partial charge on any atom is 0.573 e. The Morgan fingerprint density at radius 3 is 2.57 bits per heavy atom. The van der Waals surface area contributed by atoms with Crippen molar-refractivity contribution in [3.05, 3.63) is 42.2 Å². The van der Waals surface area contributed by atoms with Crippen LogP contribution in [-0.4, -0.2) is 18.5 Å². The number of benzene rings is 1. The van der Waals surface area contributed by atoms with E-state index in [0.29, 0.717) is 11.3 Å². The van der Waals surface area contributed by atoms with Crippen LogP contribution in [0.5, 0.6) is 11.5 Å². The number of hydrogen-bond donors (Lipinski definition) is 0. The Hall–Kier alpha value is -2.75. The molecule has 0 amide bonds. The first-order chi connectivity index (χ1) is 9.93. The van der Waals surface area contributed by atoms with E-state index in [1.165, 1.54) is 37.7 Å². The summed E-state index contributed by atoms with van der Waals surface area (Å²) in [7, 11) is 1.42. The normalized spacial score (nSPS) is 10.8. The first-order valence-electron chi connectivity index (χ1n) is 5.72. The molecule has 4 nitrogen and oxygen atoms in total. The van der Waals surface area contributed by atoms with Crippen molar-refractivity contribution in [1.82, 2.24) is 4.98 Å². The first kappa shape index (κ1) is 14.7. The molecule has 1 aromatic carbocycles. The summed E-state index contributed by atoms with van der Waals surface area (Å²) < 4.78 is 46.4. The van der Waals surface area contributed by atoms with Crippen molar-refractivity contribution >= 4 is 0 Å². The number of pyridine rings is 1. The maximum absolute atomic E-state index is 12.5. The minimum Gasteiger partial charge on any atom is -0.495 e. The summed E-state index contributed by atoms with van der Waals surface area (Å²) in [6.07, 6.45) is -2.04. The van der Waals surface area contributed by atoms with E-state index in [2.05, 4.69) is 9.72 Å². The molecule has 0 aliphatic rings. The molecule has 0 saturated heterocycles. The molecule has 0 atom stereocenters. The first-order valence-corrected chi connectivity index (χ1v) is 5.72. The van der Waals surface area contributed by atoms with Crippen LogP contribution >= 0.6 is 0 Å². The number of halogens is 3. The van der Waals surface area contributed by atoms with E-state index in [-0.39, 0.29) is 11.1 Å². The van der Waals surface area contributed by atoms with E-state index in [1.54, 1.807) is 6.07 Å². The zero-order valence-electron chi connectivity index (χ0n) is 10.8. The second kappa shape index (κ2) is 5.71. The van der Waals surface area contributed by atoms with Crippen molar-refractivity contribution in [1.29, 1.82) is 5.26 Å². The number of aromatic nitrogens is 1. The molecule has 2 rings (SSSR count). The summed E-state index contributed by atoms with van der Waals surface area (Å²) in [4.78, 5) is 3.89. The van der Waals surface area contributed by atoms with E-state index < -0.39 is 12.1 Å². The van der Waals surface area contributed by atoms with Crippen molar-refractivity contribution in [3.8, 4) is 28.7 Å². The van der Waals surface area contributed by atoms with Crippen LogP contribution in [0.3, 0.4) is 0 Å². The predicted molar refractivity (Wildman–Crippen MR) is 67.6 cm³/mol. The number of hydrogen-bond acceptors (Lipinski definition) is 4. The smallest absolute Gasteiger partial charge is 0.495 e. The SMILES string of the molecule is COc1cncc(-c2ccc(C#N)cc2OC(F)(F)F)c1.